The molecule has 3 rings (SSSR count). The highest BCUT2D eigenvalue weighted by Crippen LogP contribution is 2.26. The Bertz CT molecular complexity index is 584. The molecule has 0 aromatic carbocycles. The van der Waals surface area contributed by atoms with Crippen LogP contribution < -0.4 is 0 Å². The molecule has 0 aliphatic carbocycles. The van der Waals surface area contributed by atoms with Gasteiger partial charge in [-0.2, -0.15) is 0 Å². The smallest absolute Gasteiger partial charge is 0.0893 e. The fraction of sp³-hybridized carbons (Fsp3) is 0. The van der Waals surface area contributed by atoms with Gasteiger partial charge in [0, 0.05) is 11.5 Å². The van der Waals surface area contributed by atoms with E-state index in [-0.39, 0.29) is 0 Å². The van der Waals surface area contributed by atoms with Gasteiger partial charge in [0.25, 0.3) is 0 Å². The van der Waals surface area contributed by atoms with E-state index >= 15 is 0 Å². The van der Waals surface area contributed by atoms with Crippen molar-refractivity contribution in [3.05, 3.63) is 66.6 Å². The van der Waals surface area contributed by atoms with Crippen LogP contribution >= 0.6 is 8.19 Å². The summed E-state index contributed by atoms with van der Waals surface area (Å²) in [5.74, 6) is 2.12. The second-order valence-corrected chi connectivity index (χ2v) is 4.88. The summed E-state index contributed by atoms with van der Waals surface area (Å²) in [5, 5.41) is 1.22. The fourth-order valence-electron chi connectivity index (χ4n) is 1.75. The van der Waals surface area contributed by atoms with Gasteiger partial charge in [-0.05, 0) is 36.1 Å². The first kappa shape index (κ1) is 11.1. The van der Waals surface area contributed by atoms with E-state index in [0.717, 1.165) is 17.1 Å². The van der Waals surface area contributed by atoms with Crippen LogP contribution in [0.15, 0.2) is 66.6 Å². The summed E-state index contributed by atoms with van der Waals surface area (Å²) in [4.78, 5) is 9.00. The summed E-state index contributed by atoms with van der Waals surface area (Å²) in [6.07, 6.45) is 1.79. The Balaban J connectivity index is 2.05. The second-order valence-electron chi connectivity index (χ2n) is 3.84. The lowest BCUT2D eigenvalue weighted by atomic mass is 10.2. The minimum Gasteiger partial charge on any atom is -0.255 e. The van der Waals surface area contributed by atoms with Crippen molar-refractivity contribution in [3.8, 4) is 22.4 Å². The van der Waals surface area contributed by atoms with Crippen molar-refractivity contribution in [3.63, 3.8) is 0 Å². The van der Waals surface area contributed by atoms with Crippen LogP contribution in [0.4, 0.5) is 0 Å². The van der Waals surface area contributed by atoms with Gasteiger partial charge < -0.3 is 0 Å². The maximum absolute atomic E-state index is 4.68. The first-order valence-corrected chi connectivity index (χ1v) is 6.70. The molecule has 2 nitrogen and oxygen atoms in total. The summed E-state index contributed by atoms with van der Waals surface area (Å²) in [7, 11) is 1.19. The molecule has 3 heterocycles. The number of pyridine rings is 2. The fourth-order valence-corrected chi connectivity index (χ4v) is 2.52. The van der Waals surface area contributed by atoms with E-state index in [2.05, 4.69) is 21.8 Å². The Hall–Kier alpha value is -2.05. The average Bonchev–Trinajstić information content (AvgIpc) is 2.49. The van der Waals surface area contributed by atoms with E-state index in [9.17, 15) is 0 Å². The van der Waals surface area contributed by atoms with Crippen molar-refractivity contribution < 1.29 is 0 Å². The van der Waals surface area contributed by atoms with Crippen LogP contribution in [0.5, 0.6) is 0 Å². The summed E-state index contributed by atoms with van der Waals surface area (Å²) in [5.41, 5.74) is 2.84. The molecule has 0 bridgehead atoms. The molecule has 0 aliphatic rings. The maximum atomic E-state index is 4.68. The number of nitrogens with zero attached hydrogens (tertiary/aromatic N) is 2. The van der Waals surface area contributed by atoms with Crippen LogP contribution in [0.25, 0.3) is 22.4 Å². The van der Waals surface area contributed by atoms with E-state index in [0.29, 0.717) is 0 Å². The quantitative estimate of drug-likeness (QED) is 0.674. The number of aromatic nitrogens is 2. The minimum absolute atomic E-state index is 0.909. The zero-order chi connectivity index (χ0) is 12.2. The standard InChI is InChI=1S/C15H11N2P/c1-3-10-16-12(6-1)13-7-5-8-14(17-13)15-9-2-4-11-18-15/h1-11H. The lowest BCUT2D eigenvalue weighted by Gasteiger charge is -2.03. The molecule has 0 N–H and O–H groups in total. The van der Waals surface area contributed by atoms with E-state index < -0.39 is 0 Å². The Morgan fingerprint density at radius 3 is 2.33 bits per heavy atom. The zero-order valence-electron chi connectivity index (χ0n) is 9.69. The number of rotatable bonds is 2. The molecule has 0 radical (unpaired) electrons. The third-order valence-electron chi connectivity index (χ3n) is 2.60. The van der Waals surface area contributed by atoms with Gasteiger partial charge >= 0.3 is 0 Å². The molecule has 0 amide bonds. The molecule has 86 valence electrons. The van der Waals surface area contributed by atoms with Crippen molar-refractivity contribution >= 4 is 8.19 Å². The summed E-state index contributed by atoms with van der Waals surface area (Å²) in [6.45, 7) is 0. The predicted octanol–water partition coefficient (Wildman–Crippen LogP) is 4.39. The lowest BCUT2D eigenvalue weighted by molar-refractivity contribution is 1.25. The normalized spacial score (nSPS) is 10.7. The minimum atomic E-state index is 0.909. The topological polar surface area (TPSA) is 25.8 Å². The first-order valence-electron chi connectivity index (χ1n) is 5.73. The Labute approximate surface area is 107 Å². The van der Waals surface area contributed by atoms with Crippen molar-refractivity contribution in [2.45, 2.75) is 0 Å². The summed E-state index contributed by atoms with van der Waals surface area (Å²) in [6, 6.07) is 18.1. The second kappa shape index (κ2) is 5.07. The van der Waals surface area contributed by atoms with Gasteiger partial charge in [-0.15, -0.1) is 0 Å². The monoisotopic (exact) mass is 250 g/mol. The highest BCUT2D eigenvalue weighted by atomic mass is 31.0. The van der Waals surface area contributed by atoms with Crippen molar-refractivity contribution in [2.75, 3.05) is 0 Å². The van der Waals surface area contributed by atoms with Gasteiger partial charge in [-0.1, -0.05) is 32.5 Å². The van der Waals surface area contributed by atoms with Crippen LogP contribution in [-0.4, -0.2) is 9.97 Å². The SMILES string of the molecule is c1ccc(-c2cccc(-c3ccccp3)n2)nc1. The van der Waals surface area contributed by atoms with Crippen molar-refractivity contribution in [1.82, 2.24) is 9.97 Å². The van der Waals surface area contributed by atoms with E-state index in [4.69, 9.17) is 0 Å². The van der Waals surface area contributed by atoms with Gasteiger partial charge in [0.2, 0.25) is 0 Å². The van der Waals surface area contributed by atoms with E-state index in [1.54, 1.807) is 6.20 Å². The van der Waals surface area contributed by atoms with Crippen molar-refractivity contribution in [2.24, 2.45) is 0 Å². The Morgan fingerprint density at radius 2 is 1.56 bits per heavy atom. The molecular weight excluding hydrogens is 239 g/mol. The maximum Gasteiger partial charge on any atom is 0.0893 e. The Kier molecular flexibility index (Phi) is 3.12. The van der Waals surface area contributed by atoms with Crippen LogP contribution in [0.3, 0.4) is 0 Å². The molecule has 0 fully saturated rings. The predicted molar refractivity (Wildman–Crippen MR) is 75.4 cm³/mol. The third kappa shape index (κ3) is 2.29. The Morgan fingerprint density at radius 1 is 0.722 bits per heavy atom. The van der Waals surface area contributed by atoms with Gasteiger partial charge in [0.1, 0.15) is 0 Å². The molecule has 0 atom stereocenters. The van der Waals surface area contributed by atoms with Crippen molar-refractivity contribution in [1.29, 1.82) is 0 Å². The molecule has 0 unspecified atom stereocenters. The summed E-state index contributed by atoms with van der Waals surface area (Å²) >= 11 is 0. The molecule has 0 saturated heterocycles. The molecule has 0 spiro atoms. The lowest BCUT2D eigenvalue weighted by Crippen LogP contribution is -1.88. The van der Waals surface area contributed by atoms with Gasteiger partial charge in [-0.3, -0.25) is 4.98 Å². The molecular formula is C15H11N2P. The molecule has 0 aliphatic heterocycles. The molecule has 3 heteroatoms. The van der Waals surface area contributed by atoms with E-state index in [1.165, 1.54) is 13.5 Å². The number of hydrogen-bond acceptors (Lipinski definition) is 2. The molecule has 3 aromatic heterocycles. The van der Waals surface area contributed by atoms with Gasteiger partial charge in [0.15, 0.2) is 0 Å². The molecule has 18 heavy (non-hydrogen) atoms. The summed E-state index contributed by atoms with van der Waals surface area (Å²) < 4.78 is 0. The van der Waals surface area contributed by atoms with Crippen LogP contribution in [0.1, 0.15) is 0 Å². The highest BCUT2D eigenvalue weighted by molar-refractivity contribution is 7.33. The number of hydrogen-bond donors (Lipinski definition) is 0. The van der Waals surface area contributed by atoms with Crippen LogP contribution in [0.2, 0.25) is 0 Å². The van der Waals surface area contributed by atoms with Crippen LogP contribution in [0, 0.1) is 0 Å². The molecule has 3 aromatic rings. The van der Waals surface area contributed by atoms with Crippen LogP contribution in [-0.2, 0) is 0 Å². The largest absolute Gasteiger partial charge is 0.255 e. The van der Waals surface area contributed by atoms with Gasteiger partial charge in [0.05, 0.1) is 17.1 Å². The third-order valence-corrected chi connectivity index (χ3v) is 3.58. The van der Waals surface area contributed by atoms with E-state index in [1.807, 2.05) is 48.5 Å². The highest BCUT2D eigenvalue weighted by Gasteiger charge is 2.03. The zero-order valence-corrected chi connectivity index (χ0v) is 10.6. The average molecular weight is 250 g/mol. The first-order chi connectivity index (χ1) is 8.93. The molecule has 0 saturated carbocycles. The van der Waals surface area contributed by atoms with Gasteiger partial charge in [-0.25, -0.2) is 4.98 Å².